The molecule has 31 heavy (non-hydrogen) atoms. The maximum Gasteiger partial charge on any atom is 0.242 e. The highest BCUT2D eigenvalue weighted by Crippen LogP contribution is 2.22. The fraction of sp³-hybridized carbons (Fsp3) is 0.304. The first kappa shape index (κ1) is 21.0. The van der Waals surface area contributed by atoms with E-state index in [2.05, 4.69) is 15.5 Å². The lowest BCUT2D eigenvalue weighted by molar-refractivity contribution is -0.135. The molecule has 1 fully saturated rings. The van der Waals surface area contributed by atoms with Gasteiger partial charge in [0, 0.05) is 30.3 Å². The van der Waals surface area contributed by atoms with E-state index in [-0.39, 0.29) is 24.3 Å². The summed E-state index contributed by atoms with van der Waals surface area (Å²) in [4.78, 5) is 27.3. The van der Waals surface area contributed by atoms with Gasteiger partial charge in [-0.05, 0) is 50.2 Å². The van der Waals surface area contributed by atoms with Gasteiger partial charge in [-0.25, -0.2) is 0 Å². The molecule has 0 unspecified atom stereocenters. The van der Waals surface area contributed by atoms with E-state index in [4.69, 9.17) is 12.2 Å². The number of likely N-dealkylation sites (tertiary alicyclic amines) is 1. The number of nitrogens with zero attached hydrogens (tertiary/aromatic N) is 3. The molecule has 8 heteroatoms. The highest BCUT2D eigenvalue weighted by Gasteiger charge is 2.28. The van der Waals surface area contributed by atoms with E-state index >= 15 is 0 Å². The number of benzene rings is 2. The van der Waals surface area contributed by atoms with Crippen LogP contribution in [0.3, 0.4) is 0 Å². The Morgan fingerprint density at radius 1 is 1.13 bits per heavy atom. The summed E-state index contributed by atoms with van der Waals surface area (Å²) in [6.07, 6.45) is 1.29. The van der Waals surface area contributed by atoms with E-state index in [1.807, 2.05) is 61.5 Å². The van der Waals surface area contributed by atoms with Crippen LogP contribution in [0.25, 0.3) is 11.4 Å². The molecule has 3 aromatic rings. The molecule has 0 saturated carbocycles. The van der Waals surface area contributed by atoms with Gasteiger partial charge in [-0.2, -0.15) is 5.10 Å². The Kier molecular flexibility index (Phi) is 6.27. The van der Waals surface area contributed by atoms with Gasteiger partial charge in [0.05, 0.1) is 0 Å². The van der Waals surface area contributed by atoms with Crippen molar-refractivity contribution in [3.05, 3.63) is 64.9 Å². The maximum atomic E-state index is 13.0. The lowest BCUT2D eigenvalue weighted by Crippen LogP contribution is -2.42. The molecular formula is C23H25N5O2S. The first-order valence-electron chi connectivity index (χ1n) is 10.4. The highest BCUT2D eigenvalue weighted by molar-refractivity contribution is 7.71. The van der Waals surface area contributed by atoms with Gasteiger partial charge in [0.2, 0.25) is 11.8 Å². The molecule has 160 valence electrons. The summed E-state index contributed by atoms with van der Waals surface area (Å²) in [7, 11) is 0. The fourth-order valence-corrected chi connectivity index (χ4v) is 4.06. The van der Waals surface area contributed by atoms with Gasteiger partial charge >= 0.3 is 0 Å². The molecular weight excluding hydrogens is 410 g/mol. The number of hydrogen-bond donors (Lipinski definition) is 2. The van der Waals surface area contributed by atoms with Gasteiger partial charge in [-0.1, -0.05) is 42.0 Å². The third kappa shape index (κ3) is 4.91. The van der Waals surface area contributed by atoms with Crippen molar-refractivity contribution in [2.75, 3.05) is 18.4 Å². The molecule has 2 amide bonds. The summed E-state index contributed by atoms with van der Waals surface area (Å²) < 4.78 is 2.16. The van der Waals surface area contributed by atoms with Gasteiger partial charge in [-0.3, -0.25) is 19.3 Å². The van der Waals surface area contributed by atoms with Gasteiger partial charge in [0.25, 0.3) is 0 Å². The summed E-state index contributed by atoms with van der Waals surface area (Å²) in [5.41, 5.74) is 2.82. The van der Waals surface area contributed by atoms with Crippen molar-refractivity contribution in [2.45, 2.75) is 26.3 Å². The molecule has 0 atom stereocenters. The molecule has 1 aliphatic heterocycles. The molecule has 1 aromatic heterocycles. The smallest absolute Gasteiger partial charge is 0.242 e. The van der Waals surface area contributed by atoms with Crippen molar-refractivity contribution in [1.29, 1.82) is 0 Å². The van der Waals surface area contributed by atoms with E-state index in [0.717, 1.165) is 16.8 Å². The van der Waals surface area contributed by atoms with Gasteiger partial charge in [-0.15, -0.1) is 0 Å². The predicted octanol–water partition coefficient (Wildman–Crippen LogP) is 3.79. The van der Waals surface area contributed by atoms with Crippen molar-refractivity contribution in [2.24, 2.45) is 5.92 Å². The number of hydrogen-bond acceptors (Lipinski definition) is 4. The number of para-hydroxylation sites is 1. The van der Waals surface area contributed by atoms with Crippen LogP contribution in [0.4, 0.5) is 5.69 Å². The Morgan fingerprint density at radius 3 is 2.58 bits per heavy atom. The van der Waals surface area contributed by atoms with Crippen LogP contribution in [0, 0.1) is 17.6 Å². The number of aryl methyl sites for hydroxylation is 1. The Hall–Kier alpha value is -3.26. The average molecular weight is 436 g/mol. The number of carbonyl (C=O) groups is 2. The zero-order chi connectivity index (χ0) is 21.8. The summed E-state index contributed by atoms with van der Waals surface area (Å²) >= 11 is 5.36. The predicted molar refractivity (Wildman–Crippen MR) is 122 cm³/mol. The molecule has 1 saturated heterocycles. The molecule has 2 N–H and O–H groups in total. The van der Waals surface area contributed by atoms with E-state index in [1.165, 1.54) is 0 Å². The summed E-state index contributed by atoms with van der Waals surface area (Å²) in [5, 5.41) is 10.1. The summed E-state index contributed by atoms with van der Waals surface area (Å²) in [6, 6.07) is 17.4. The van der Waals surface area contributed by atoms with Crippen LogP contribution in [-0.2, 0) is 16.1 Å². The Bertz CT molecular complexity index is 1130. The molecule has 4 rings (SSSR count). The molecule has 0 radical (unpaired) electrons. The molecule has 2 aromatic carbocycles. The van der Waals surface area contributed by atoms with E-state index in [1.54, 1.807) is 9.47 Å². The maximum absolute atomic E-state index is 13.0. The van der Waals surface area contributed by atoms with Crippen LogP contribution >= 0.6 is 12.2 Å². The van der Waals surface area contributed by atoms with Gasteiger partial charge < -0.3 is 10.2 Å². The number of piperidine rings is 1. The quantitative estimate of drug-likeness (QED) is 0.597. The minimum absolute atomic E-state index is 0.0112. The van der Waals surface area contributed by atoms with Crippen LogP contribution in [0.5, 0.6) is 0 Å². The first-order chi connectivity index (χ1) is 15.0. The van der Waals surface area contributed by atoms with E-state index in [0.29, 0.717) is 36.5 Å². The molecule has 2 heterocycles. The number of aromatic nitrogens is 3. The van der Waals surface area contributed by atoms with Gasteiger partial charge in [0.15, 0.2) is 10.6 Å². The van der Waals surface area contributed by atoms with Crippen molar-refractivity contribution < 1.29 is 9.59 Å². The second-order valence-electron chi connectivity index (χ2n) is 7.82. The zero-order valence-electron chi connectivity index (χ0n) is 17.4. The lowest BCUT2D eigenvalue weighted by atomic mass is 9.95. The number of amides is 2. The average Bonchev–Trinajstić information content (AvgIpc) is 3.14. The van der Waals surface area contributed by atoms with Crippen LogP contribution in [-0.4, -0.2) is 44.6 Å². The Labute approximate surface area is 186 Å². The van der Waals surface area contributed by atoms with E-state index < -0.39 is 0 Å². The van der Waals surface area contributed by atoms with Crippen LogP contribution in [0.2, 0.25) is 0 Å². The zero-order valence-corrected chi connectivity index (χ0v) is 18.2. The summed E-state index contributed by atoms with van der Waals surface area (Å²) in [5.74, 6) is 0.549. The summed E-state index contributed by atoms with van der Waals surface area (Å²) in [6.45, 7) is 3.24. The van der Waals surface area contributed by atoms with Crippen molar-refractivity contribution in [1.82, 2.24) is 19.7 Å². The third-order valence-corrected chi connectivity index (χ3v) is 5.90. The van der Waals surface area contributed by atoms with Crippen LogP contribution < -0.4 is 5.32 Å². The van der Waals surface area contributed by atoms with Crippen molar-refractivity contribution in [3.8, 4) is 11.4 Å². The van der Waals surface area contributed by atoms with E-state index in [9.17, 15) is 9.59 Å². The monoisotopic (exact) mass is 435 g/mol. The van der Waals surface area contributed by atoms with Crippen molar-refractivity contribution >= 4 is 29.7 Å². The number of aromatic amines is 1. The largest absolute Gasteiger partial charge is 0.341 e. The fourth-order valence-electron chi connectivity index (χ4n) is 3.86. The number of anilines is 1. The minimum atomic E-state index is -0.0943. The number of H-pyrrole nitrogens is 1. The second kappa shape index (κ2) is 9.26. The van der Waals surface area contributed by atoms with Crippen LogP contribution in [0.1, 0.15) is 18.4 Å². The topological polar surface area (TPSA) is 83.0 Å². The Morgan fingerprint density at radius 2 is 1.87 bits per heavy atom. The molecule has 7 nitrogen and oxygen atoms in total. The first-order valence-corrected chi connectivity index (χ1v) is 10.8. The van der Waals surface area contributed by atoms with Crippen LogP contribution in [0.15, 0.2) is 54.6 Å². The highest BCUT2D eigenvalue weighted by atomic mass is 32.1. The number of nitrogens with one attached hydrogen (secondary N) is 2. The minimum Gasteiger partial charge on any atom is -0.341 e. The third-order valence-electron chi connectivity index (χ3n) is 5.59. The molecule has 1 aliphatic rings. The van der Waals surface area contributed by atoms with Crippen molar-refractivity contribution in [3.63, 3.8) is 0 Å². The molecule has 0 bridgehead atoms. The Balaban J connectivity index is 1.37. The lowest BCUT2D eigenvalue weighted by Gasteiger charge is -2.31. The standard InChI is InChI=1S/C23H25N5O2S/c1-16-6-5-7-18(14-16)21-25-26-23(31)28(21)15-20(29)27-12-10-17(11-13-27)22(30)24-19-8-3-2-4-9-19/h2-9,14,17H,10-13,15H2,1H3,(H,24,30)(H,26,31). The molecule has 0 spiro atoms. The molecule has 0 aliphatic carbocycles. The van der Waals surface area contributed by atoms with Gasteiger partial charge in [0.1, 0.15) is 6.54 Å². The SMILES string of the molecule is Cc1cccc(-c2n[nH]c(=S)n2CC(=O)N2CCC(C(=O)Nc3ccccc3)CC2)c1. The number of rotatable bonds is 5. The normalized spacial score (nSPS) is 14.4. The second-order valence-corrected chi connectivity index (χ2v) is 8.21. The number of carbonyl (C=O) groups excluding carboxylic acids is 2.